The zero-order chi connectivity index (χ0) is 13.8. The maximum absolute atomic E-state index is 5.28. The Morgan fingerprint density at radius 2 is 2.15 bits per heavy atom. The molecule has 0 saturated carbocycles. The summed E-state index contributed by atoms with van der Waals surface area (Å²) in [6.45, 7) is 2.54. The van der Waals surface area contributed by atoms with Gasteiger partial charge in [0.25, 0.3) is 0 Å². The molecule has 3 aromatic rings. The van der Waals surface area contributed by atoms with Crippen LogP contribution in [0.5, 0.6) is 0 Å². The number of aromatic nitrogens is 3. The minimum absolute atomic E-state index is 0.593. The first-order chi connectivity index (χ1) is 9.81. The van der Waals surface area contributed by atoms with Crippen LogP contribution in [0.25, 0.3) is 11.4 Å². The maximum Gasteiger partial charge on any atom is 0.163 e. The number of hydrogen-bond acceptors (Lipinski definition) is 5. The summed E-state index contributed by atoms with van der Waals surface area (Å²) in [5.74, 6) is 2.30. The Labute approximate surface area is 116 Å². The lowest BCUT2D eigenvalue weighted by molar-refractivity contribution is 0.518. The number of nitrogens with one attached hydrogen (secondary N) is 1. The summed E-state index contributed by atoms with van der Waals surface area (Å²) < 4.78 is 5.28. The van der Waals surface area contributed by atoms with Crippen LogP contribution >= 0.6 is 0 Å². The van der Waals surface area contributed by atoms with E-state index in [0.29, 0.717) is 12.4 Å². The predicted octanol–water partition coefficient (Wildman–Crippen LogP) is 3.05. The van der Waals surface area contributed by atoms with Gasteiger partial charge >= 0.3 is 0 Å². The van der Waals surface area contributed by atoms with Gasteiger partial charge in [-0.3, -0.25) is 4.98 Å². The van der Waals surface area contributed by atoms with Gasteiger partial charge in [-0.2, -0.15) is 0 Å². The van der Waals surface area contributed by atoms with Gasteiger partial charge in [-0.25, -0.2) is 9.97 Å². The second-order valence-corrected chi connectivity index (χ2v) is 4.39. The summed E-state index contributed by atoms with van der Waals surface area (Å²) in [5, 5.41) is 3.23. The van der Waals surface area contributed by atoms with Crippen molar-refractivity contribution in [3.63, 3.8) is 0 Å². The third-order valence-corrected chi connectivity index (χ3v) is 2.80. The molecule has 5 nitrogen and oxygen atoms in total. The van der Waals surface area contributed by atoms with E-state index in [1.54, 1.807) is 18.7 Å². The summed E-state index contributed by atoms with van der Waals surface area (Å²) in [6, 6.07) is 9.50. The fourth-order valence-corrected chi connectivity index (χ4v) is 1.87. The average molecular weight is 266 g/mol. The van der Waals surface area contributed by atoms with Crippen molar-refractivity contribution >= 4 is 5.82 Å². The molecule has 100 valence electrons. The lowest BCUT2D eigenvalue weighted by Crippen LogP contribution is -2.03. The number of rotatable bonds is 4. The molecule has 0 spiro atoms. The Bertz CT molecular complexity index is 680. The van der Waals surface area contributed by atoms with Gasteiger partial charge < -0.3 is 9.73 Å². The van der Waals surface area contributed by atoms with Crippen molar-refractivity contribution in [2.45, 2.75) is 13.5 Å². The molecule has 0 atom stereocenters. The van der Waals surface area contributed by atoms with Crippen LogP contribution in [0.1, 0.15) is 11.5 Å². The molecule has 3 aromatic heterocycles. The minimum Gasteiger partial charge on any atom is -0.467 e. The van der Waals surface area contributed by atoms with Crippen LogP contribution in [-0.4, -0.2) is 15.0 Å². The lowest BCUT2D eigenvalue weighted by Gasteiger charge is -2.07. The fraction of sp³-hybridized carbons (Fsp3) is 0.133. The molecular formula is C15H14N4O. The largest absolute Gasteiger partial charge is 0.467 e. The summed E-state index contributed by atoms with van der Waals surface area (Å²) >= 11 is 0. The molecule has 0 aliphatic carbocycles. The number of hydrogen-bond donors (Lipinski definition) is 1. The van der Waals surface area contributed by atoms with Crippen molar-refractivity contribution in [1.29, 1.82) is 0 Å². The molecule has 3 heterocycles. The van der Waals surface area contributed by atoms with Crippen LogP contribution in [0.15, 0.2) is 53.4 Å². The molecule has 3 rings (SSSR count). The molecule has 0 saturated heterocycles. The topological polar surface area (TPSA) is 63.8 Å². The first kappa shape index (κ1) is 12.3. The van der Waals surface area contributed by atoms with Crippen LogP contribution in [0.4, 0.5) is 5.82 Å². The fourth-order valence-electron chi connectivity index (χ4n) is 1.87. The van der Waals surface area contributed by atoms with Crippen LogP contribution in [0.2, 0.25) is 0 Å². The molecule has 5 heteroatoms. The first-order valence-electron chi connectivity index (χ1n) is 6.33. The van der Waals surface area contributed by atoms with E-state index in [4.69, 9.17) is 4.42 Å². The van der Waals surface area contributed by atoms with Crippen molar-refractivity contribution in [3.05, 3.63) is 60.4 Å². The zero-order valence-corrected chi connectivity index (χ0v) is 11.1. The van der Waals surface area contributed by atoms with Gasteiger partial charge in [0, 0.05) is 29.7 Å². The van der Waals surface area contributed by atoms with Gasteiger partial charge in [-0.05, 0) is 31.2 Å². The van der Waals surface area contributed by atoms with E-state index in [9.17, 15) is 0 Å². The van der Waals surface area contributed by atoms with Gasteiger partial charge in [0.2, 0.25) is 0 Å². The van der Waals surface area contributed by atoms with Crippen molar-refractivity contribution in [2.24, 2.45) is 0 Å². The third kappa shape index (κ3) is 2.83. The number of furan rings is 1. The maximum atomic E-state index is 5.28. The quantitative estimate of drug-likeness (QED) is 0.786. The molecule has 0 bridgehead atoms. The zero-order valence-electron chi connectivity index (χ0n) is 11.1. The Kier molecular flexibility index (Phi) is 3.41. The molecular weight excluding hydrogens is 252 g/mol. The summed E-state index contributed by atoms with van der Waals surface area (Å²) in [5.41, 5.74) is 1.80. The highest BCUT2D eigenvalue weighted by Crippen LogP contribution is 2.17. The number of anilines is 1. The summed E-state index contributed by atoms with van der Waals surface area (Å²) in [6.07, 6.45) is 5.14. The van der Waals surface area contributed by atoms with E-state index in [0.717, 1.165) is 22.8 Å². The number of nitrogens with zero attached hydrogens (tertiary/aromatic N) is 3. The Balaban J connectivity index is 1.83. The predicted molar refractivity (Wildman–Crippen MR) is 76.0 cm³/mol. The van der Waals surface area contributed by atoms with Crippen molar-refractivity contribution in [2.75, 3.05) is 5.32 Å². The summed E-state index contributed by atoms with van der Waals surface area (Å²) in [4.78, 5) is 13.0. The van der Waals surface area contributed by atoms with Gasteiger partial charge in [0.15, 0.2) is 5.82 Å². The molecule has 20 heavy (non-hydrogen) atoms. The van der Waals surface area contributed by atoms with Crippen LogP contribution in [-0.2, 0) is 6.54 Å². The number of pyridine rings is 1. The van der Waals surface area contributed by atoms with Gasteiger partial charge in [-0.15, -0.1) is 0 Å². The van der Waals surface area contributed by atoms with Crippen molar-refractivity contribution in [3.8, 4) is 11.4 Å². The molecule has 0 aliphatic heterocycles. The normalized spacial score (nSPS) is 10.4. The first-order valence-corrected chi connectivity index (χ1v) is 6.33. The van der Waals surface area contributed by atoms with Crippen molar-refractivity contribution < 1.29 is 4.42 Å². The van der Waals surface area contributed by atoms with Gasteiger partial charge in [-0.1, -0.05) is 0 Å². The lowest BCUT2D eigenvalue weighted by atomic mass is 10.2. The highest BCUT2D eigenvalue weighted by molar-refractivity contribution is 5.56. The minimum atomic E-state index is 0.593. The van der Waals surface area contributed by atoms with Gasteiger partial charge in [0.1, 0.15) is 11.6 Å². The highest BCUT2D eigenvalue weighted by atomic mass is 16.3. The van der Waals surface area contributed by atoms with E-state index in [2.05, 4.69) is 20.3 Å². The monoisotopic (exact) mass is 266 g/mol. The van der Waals surface area contributed by atoms with E-state index in [1.165, 1.54) is 0 Å². The SMILES string of the molecule is Cc1cc(NCc2ccco2)nc(-c2cccnc2)n1. The molecule has 0 aromatic carbocycles. The van der Waals surface area contributed by atoms with E-state index < -0.39 is 0 Å². The molecule has 0 fully saturated rings. The summed E-state index contributed by atoms with van der Waals surface area (Å²) in [7, 11) is 0. The van der Waals surface area contributed by atoms with Crippen LogP contribution in [0.3, 0.4) is 0 Å². The van der Waals surface area contributed by atoms with Crippen molar-refractivity contribution in [1.82, 2.24) is 15.0 Å². The molecule has 0 radical (unpaired) electrons. The van der Waals surface area contributed by atoms with Gasteiger partial charge in [0.05, 0.1) is 12.8 Å². The number of aryl methyl sites for hydroxylation is 1. The standard InChI is InChI=1S/C15H14N4O/c1-11-8-14(17-10-13-5-3-7-20-13)19-15(18-11)12-4-2-6-16-9-12/h2-9H,10H2,1H3,(H,17,18,19). The molecule has 0 aliphatic rings. The molecule has 0 amide bonds. The second-order valence-electron chi connectivity index (χ2n) is 4.39. The van der Waals surface area contributed by atoms with Crippen LogP contribution < -0.4 is 5.32 Å². The second kappa shape index (κ2) is 5.52. The van der Waals surface area contributed by atoms with E-state index in [1.807, 2.05) is 37.3 Å². The van der Waals surface area contributed by atoms with E-state index in [-0.39, 0.29) is 0 Å². The van der Waals surface area contributed by atoms with E-state index >= 15 is 0 Å². The average Bonchev–Trinajstić information content (AvgIpc) is 2.99. The van der Waals surface area contributed by atoms with Crippen LogP contribution in [0, 0.1) is 6.92 Å². The smallest absolute Gasteiger partial charge is 0.163 e. The highest BCUT2D eigenvalue weighted by Gasteiger charge is 2.05. The Morgan fingerprint density at radius 3 is 2.90 bits per heavy atom. The third-order valence-electron chi connectivity index (χ3n) is 2.80. The Hall–Kier alpha value is -2.69. The molecule has 0 unspecified atom stereocenters. The Morgan fingerprint density at radius 1 is 1.20 bits per heavy atom. The molecule has 1 N–H and O–H groups in total.